The molecule has 5 nitrogen and oxygen atoms in total. The average Bonchev–Trinajstić information content (AvgIpc) is 2.93. The largest absolute Gasteiger partial charge is 0.355 e. The molecule has 0 unspecified atom stereocenters. The van der Waals surface area contributed by atoms with Crippen LogP contribution in [0.2, 0.25) is 0 Å². The van der Waals surface area contributed by atoms with Crippen molar-refractivity contribution in [2.45, 2.75) is 19.9 Å². The number of hydrogen-bond donors (Lipinski definition) is 0. The standard InChI is InChI=1S/C16H18N4OS/c1-11-6-15(18-10-17-11)20-8-13(9-20)16(21)19-4-2-14-12(7-19)3-5-22-14/h3,5-6,10,13H,2,4,7-9H2,1H3. The summed E-state index contributed by atoms with van der Waals surface area (Å²) in [5, 5.41) is 2.13. The maximum absolute atomic E-state index is 12.6. The molecule has 0 aromatic carbocycles. The van der Waals surface area contributed by atoms with Gasteiger partial charge in [-0.3, -0.25) is 4.79 Å². The maximum Gasteiger partial charge on any atom is 0.229 e. The van der Waals surface area contributed by atoms with E-state index in [0.29, 0.717) is 5.91 Å². The molecule has 22 heavy (non-hydrogen) atoms. The van der Waals surface area contributed by atoms with E-state index in [9.17, 15) is 4.79 Å². The first kappa shape index (κ1) is 13.7. The maximum atomic E-state index is 12.6. The van der Waals surface area contributed by atoms with Crippen molar-refractivity contribution >= 4 is 23.1 Å². The third kappa shape index (κ3) is 2.37. The van der Waals surface area contributed by atoms with Crippen LogP contribution in [-0.4, -0.2) is 40.4 Å². The molecule has 1 amide bonds. The van der Waals surface area contributed by atoms with Crippen LogP contribution in [-0.2, 0) is 17.8 Å². The normalized spacial score (nSPS) is 18.0. The number of fused-ring (bicyclic) bond motifs is 1. The minimum Gasteiger partial charge on any atom is -0.355 e. The van der Waals surface area contributed by atoms with Gasteiger partial charge in [0.15, 0.2) is 0 Å². The highest BCUT2D eigenvalue weighted by Gasteiger charge is 2.37. The van der Waals surface area contributed by atoms with Gasteiger partial charge in [-0.1, -0.05) is 0 Å². The summed E-state index contributed by atoms with van der Waals surface area (Å²) in [4.78, 5) is 26.6. The molecule has 4 heterocycles. The van der Waals surface area contributed by atoms with Gasteiger partial charge in [-0.05, 0) is 30.4 Å². The predicted molar refractivity (Wildman–Crippen MR) is 85.9 cm³/mol. The number of hydrogen-bond acceptors (Lipinski definition) is 5. The molecule has 2 aromatic heterocycles. The van der Waals surface area contributed by atoms with Crippen molar-refractivity contribution in [1.29, 1.82) is 0 Å². The van der Waals surface area contributed by atoms with Gasteiger partial charge in [0.1, 0.15) is 12.1 Å². The minimum absolute atomic E-state index is 0.107. The molecule has 0 spiro atoms. The Morgan fingerprint density at radius 1 is 1.36 bits per heavy atom. The summed E-state index contributed by atoms with van der Waals surface area (Å²) in [5.41, 5.74) is 2.29. The first-order valence-electron chi connectivity index (χ1n) is 7.58. The van der Waals surface area contributed by atoms with Gasteiger partial charge in [0, 0.05) is 42.8 Å². The van der Waals surface area contributed by atoms with Crippen LogP contribution in [0.5, 0.6) is 0 Å². The van der Waals surface area contributed by atoms with Crippen LogP contribution in [0.25, 0.3) is 0 Å². The third-order valence-electron chi connectivity index (χ3n) is 4.46. The number of aromatic nitrogens is 2. The first-order chi connectivity index (χ1) is 10.7. The van der Waals surface area contributed by atoms with E-state index in [2.05, 4.69) is 26.3 Å². The second-order valence-electron chi connectivity index (χ2n) is 6.00. The van der Waals surface area contributed by atoms with E-state index >= 15 is 0 Å². The Morgan fingerprint density at radius 3 is 3.05 bits per heavy atom. The minimum atomic E-state index is 0.107. The van der Waals surface area contributed by atoms with Gasteiger partial charge in [0.2, 0.25) is 5.91 Å². The average molecular weight is 314 g/mol. The van der Waals surface area contributed by atoms with Gasteiger partial charge in [-0.15, -0.1) is 11.3 Å². The zero-order valence-electron chi connectivity index (χ0n) is 12.5. The lowest BCUT2D eigenvalue weighted by atomic mass is 9.97. The summed E-state index contributed by atoms with van der Waals surface area (Å²) in [6.07, 6.45) is 2.59. The van der Waals surface area contributed by atoms with Crippen LogP contribution in [0, 0.1) is 12.8 Å². The highest BCUT2D eigenvalue weighted by molar-refractivity contribution is 7.10. The Kier molecular flexibility index (Phi) is 3.33. The molecule has 0 N–H and O–H groups in total. The van der Waals surface area contributed by atoms with Crippen LogP contribution < -0.4 is 4.90 Å². The van der Waals surface area contributed by atoms with Crippen LogP contribution in [0.1, 0.15) is 16.1 Å². The molecular weight excluding hydrogens is 296 g/mol. The molecule has 0 radical (unpaired) electrons. The van der Waals surface area contributed by atoms with Crippen LogP contribution in [0.15, 0.2) is 23.8 Å². The molecule has 1 fully saturated rings. The van der Waals surface area contributed by atoms with Crippen molar-refractivity contribution in [3.8, 4) is 0 Å². The lowest BCUT2D eigenvalue weighted by molar-refractivity contribution is -0.137. The highest BCUT2D eigenvalue weighted by atomic mass is 32.1. The molecule has 0 bridgehead atoms. The van der Waals surface area contributed by atoms with Gasteiger partial charge in [-0.25, -0.2) is 9.97 Å². The number of nitrogens with zero attached hydrogens (tertiary/aromatic N) is 4. The Hall–Kier alpha value is -1.95. The molecular formula is C16H18N4OS. The molecule has 114 valence electrons. The fourth-order valence-corrected chi connectivity index (χ4v) is 4.02. The van der Waals surface area contributed by atoms with Crippen LogP contribution in [0.3, 0.4) is 0 Å². The topological polar surface area (TPSA) is 49.3 Å². The van der Waals surface area contributed by atoms with E-state index in [1.807, 2.05) is 17.9 Å². The van der Waals surface area contributed by atoms with Gasteiger partial charge in [0.05, 0.1) is 5.92 Å². The quantitative estimate of drug-likeness (QED) is 0.849. The van der Waals surface area contributed by atoms with Gasteiger partial charge >= 0.3 is 0 Å². The fraction of sp³-hybridized carbons (Fsp3) is 0.438. The number of amides is 1. The van der Waals surface area contributed by atoms with Crippen molar-refractivity contribution in [1.82, 2.24) is 14.9 Å². The Labute approximate surface area is 133 Å². The van der Waals surface area contributed by atoms with Crippen LogP contribution in [0.4, 0.5) is 5.82 Å². The molecule has 2 aromatic rings. The summed E-state index contributed by atoms with van der Waals surface area (Å²) in [7, 11) is 0. The van der Waals surface area contributed by atoms with Crippen LogP contribution >= 0.6 is 11.3 Å². The van der Waals surface area contributed by atoms with E-state index < -0.39 is 0 Å². The third-order valence-corrected chi connectivity index (χ3v) is 5.49. The number of carbonyl (C=O) groups excluding carboxylic acids is 1. The second-order valence-corrected chi connectivity index (χ2v) is 7.00. The molecule has 4 rings (SSSR count). The Bertz CT molecular complexity index is 708. The second kappa shape index (κ2) is 5.35. The van der Waals surface area contributed by atoms with E-state index in [-0.39, 0.29) is 5.92 Å². The van der Waals surface area contributed by atoms with E-state index in [1.54, 1.807) is 17.7 Å². The summed E-state index contributed by atoms with van der Waals surface area (Å²) < 4.78 is 0. The van der Waals surface area contributed by atoms with Gasteiger partial charge < -0.3 is 9.80 Å². The lowest BCUT2D eigenvalue weighted by Gasteiger charge is -2.42. The summed E-state index contributed by atoms with van der Waals surface area (Å²) >= 11 is 1.81. The first-order valence-corrected chi connectivity index (χ1v) is 8.46. The Balaban J connectivity index is 1.38. The number of rotatable bonds is 2. The smallest absolute Gasteiger partial charge is 0.229 e. The van der Waals surface area contributed by atoms with Crippen molar-refractivity contribution in [2.24, 2.45) is 5.92 Å². The zero-order valence-corrected chi connectivity index (χ0v) is 13.3. The van der Waals surface area contributed by atoms with E-state index in [1.165, 1.54) is 10.4 Å². The SMILES string of the molecule is Cc1cc(N2CC(C(=O)N3CCc4sccc4C3)C2)ncn1. The van der Waals surface area contributed by atoms with Crippen molar-refractivity contribution < 1.29 is 4.79 Å². The monoisotopic (exact) mass is 314 g/mol. The number of carbonyl (C=O) groups is 1. The lowest BCUT2D eigenvalue weighted by Crippen LogP contribution is -2.55. The van der Waals surface area contributed by atoms with Crippen molar-refractivity contribution in [3.63, 3.8) is 0 Å². The molecule has 0 atom stereocenters. The fourth-order valence-electron chi connectivity index (χ4n) is 3.13. The predicted octanol–water partition coefficient (Wildman–Crippen LogP) is 1.87. The number of aryl methyl sites for hydroxylation is 1. The summed E-state index contributed by atoms with van der Waals surface area (Å²) in [5.74, 6) is 1.32. The molecule has 0 saturated carbocycles. The Morgan fingerprint density at radius 2 is 2.23 bits per heavy atom. The summed E-state index contributed by atoms with van der Waals surface area (Å²) in [6.45, 7) is 5.13. The summed E-state index contributed by atoms with van der Waals surface area (Å²) in [6, 6.07) is 4.12. The van der Waals surface area contributed by atoms with Crippen molar-refractivity contribution in [2.75, 3.05) is 24.5 Å². The zero-order chi connectivity index (χ0) is 15.1. The highest BCUT2D eigenvalue weighted by Crippen LogP contribution is 2.28. The molecule has 2 aliphatic rings. The number of thiophene rings is 1. The molecule has 0 aliphatic carbocycles. The molecule has 6 heteroatoms. The van der Waals surface area contributed by atoms with E-state index in [0.717, 1.165) is 44.1 Å². The van der Waals surface area contributed by atoms with Crippen molar-refractivity contribution in [3.05, 3.63) is 40.0 Å². The van der Waals surface area contributed by atoms with Gasteiger partial charge in [0.25, 0.3) is 0 Å². The van der Waals surface area contributed by atoms with E-state index in [4.69, 9.17) is 0 Å². The molecule has 2 aliphatic heterocycles. The molecule has 1 saturated heterocycles. The van der Waals surface area contributed by atoms with Gasteiger partial charge in [-0.2, -0.15) is 0 Å². The number of anilines is 1.